The molecule has 0 aromatic heterocycles. The van der Waals surface area contributed by atoms with Crippen LogP contribution in [-0.2, 0) is 6.42 Å². The van der Waals surface area contributed by atoms with Gasteiger partial charge < -0.3 is 4.74 Å². The highest BCUT2D eigenvalue weighted by atomic mass is 79.9. The fraction of sp³-hybridized carbons (Fsp3) is 0.400. The van der Waals surface area contributed by atoms with Crippen molar-refractivity contribution in [2.75, 3.05) is 5.33 Å². The van der Waals surface area contributed by atoms with E-state index in [1.807, 2.05) is 0 Å². The lowest BCUT2D eigenvalue weighted by Gasteiger charge is -2.10. The summed E-state index contributed by atoms with van der Waals surface area (Å²) in [4.78, 5) is 0. The molecule has 0 aliphatic carbocycles. The number of alkyl halides is 4. The monoisotopic (exact) mass is 300 g/mol. The molecule has 0 fully saturated rings. The lowest BCUT2D eigenvalue weighted by Crippen LogP contribution is -2.17. The first-order valence-electron chi connectivity index (χ1n) is 4.52. The molecule has 0 saturated carbocycles. The molecule has 0 radical (unpaired) electrons. The minimum atomic E-state index is -4.79. The summed E-state index contributed by atoms with van der Waals surface area (Å²) < 4.78 is 52.4. The third kappa shape index (κ3) is 4.38. The van der Waals surface area contributed by atoms with Gasteiger partial charge in [0.2, 0.25) is 0 Å². The van der Waals surface area contributed by atoms with Crippen molar-refractivity contribution >= 4 is 15.9 Å². The Balaban J connectivity index is 2.74. The van der Waals surface area contributed by atoms with Crippen LogP contribution in [0.5, 0.6) is 5.75 Å². The topological polar surface area (TPSA) is 9.23 Å². The van der Waals surface area contributed by atoms with Gasteiger partial charge in [0.1, 0.15) is 11.6 Å². The lowest BCUT2D eigenvalue weighted by atomic mass is 10.1. The molecule has 1 nitrogen and oxygen atoms in total. The molecule has 0 saturated heterocycles. The number of hydrogen-bond donors (Lipinski definition) is 0. The van der Waals surface area contributed by atoms with Crippen LogP contribution in [0.2, 0.25) is 0 Å². The SMILES string of the molecule is Fc1cc(OC(F)(F)F)ccc1CCCBr. The van der Waals surface area contributed by atoms with Gasteiger partial charge in [-0.1, -0.05) is 22.0 Å². The van der Waals surface area contributed by atoms with Crippen molar-refractivity contribution < 1.29 is 22.3 Å². The number of halogens is 5. The number of benzene rings is 1. The fourth-order valence-electron chi connectivity index (χ4n) is 1.19. The third-order valence-corrected chi connectivity index (χ3v) is 2.40. The maximum absolute atomic E-state index is 13.3. The van der Waals surface area contributed by atoms with Crippen LogP contribution in [0.1, 0.15) is 12.0 Å². The first-order valence-corrected chi connectivity index (χ1v) is 5.64. The third-order valence-electron chi connectivity index (χ3n) is 1.84. The zero-order chi connectivity index (χ0) is 12.2. The molecular formula is C10H9BrF4O. The van der Waals surface area contributed by atoms with Crippen molar-refractivity contribution in [3.8, 4) is 5.75 Å². The van der Waals surface area contributed by atoms with Crippen LogP contribution >= 0.6 is 15.9 Å². The zero-order valence-corrected chi connectivity index (χ0v) is 9.74. The van der Waals surface area contributed by atoms with Gasteiger partial charge in [0.15, 0.2) is 0 Å². The maximum atomic E-state index is 13.3. The van der Waals surface area contributed by atoms with Crippen molar-refractivity contribution in [2.45, 2.75) is 19.2 Å². The molecule has 0 heterocycles. The number of ether oxygens (including phenoxy) is 1. The zero-order valence-electron chi connectivity index (χ0n) is 8.15. The molecule has 6 heteroatoms. The van der Waals surface area contributed by atoms with Gasteiger partial charge in [-0.25, -0.2) is 4.39 Å². The van der Waals surface area contributed by atoms with E-state index >= 15 is 0 Å². The minimum absolute atomic E-state index is 0.383. The van der Waals surface area contributed by atoms with E-state index in [4.69, 9.17) is 0 Å². The summed E-state index contributed by atoms with van der Waals surface area (Å²) in [6.45, 7) is 0. The molecule has 0 aliphatic rings. The quantitative estimate of drug-likeness (QED) is 0.602. The van der Waals surface area contributed by atoms with E-state index in [0.717, 1.165) is 18.6 Å². The molecule has 0 unspecified atom stereocenters. The van der Waals surface area contributed by atoms with Crippen molar-refractivity contribution in [3.05, 3.63) is 29.6 Å². The second-order valence-corrected chi connectivity index (χ2v) is 3.89. The first kappa shape index (κ1) is 13.3. The Bertz CT molecular complexity index is 351. The Morgan fingerprint density at radius 1 is 1.25 bits per heavy atom. The molecule has 0 bridgehead atoms. The van der Waals surface area contributed by atoms with Gasteiger partial charge in [-0.15, -0.1) is 13.2 Å². The van der Waals surface area contributed by atoms with Crippen LogP contribution in [-0.4, -0.2) is 11.7 Å². The van der Waals surface area contributed by atoms with Crippen LogP contribution < -0.4 is 4.74 Å². The standard InChI is InChI=1S/C10H9BrF4O/c11-5-1-2-7-3-4-8(6-9(7)12)16-10(13,14)15/h3-4,6H,1-2,5H2. The Labute approximate surface area is 98.5 Å². The molecule has 0 atom stereocenters. The molecule has 0 spiro atoms. The lowest BCUT2D eigenvalue weighted by molar-refractivity contribution is -0.274. The van der Waals surface area contributed by atoms with Crippen LogP contribution in [0.25, 0.3) is 0 Å². The van der Waals surface area contributed by atoms with E-state index in [9.17, 15) is 17.6 Å². The summed E-state index contributed by atoms with van der Waals surface area (Å²) in [5.41, 5.74) is 0.383. The molecule has 1 aromatic carbocycles. The van der Waals surface area contributed by atoms with Gasteiger partial charge in [0, 0.05) is 11.4 Å². The molecule has 0 N–H and O–H groups in total. The van der Waals surface area contributed by atoms with Crippen LogP contribution in [0.3, 0.4) is 0 Å². The second-order valence-electron chi connectivity index (χ2n) is 3.09. The Morgan fingerprint density at radius 2 is 1.94 bits per heavy atom. The molecular weight excluding hydrogens is 292 g/mol. The average molecular weight is 301 g/mol. The molecule has 0 aliphatic heterocycles. The van der Waals surface area contributed by atoms with E-state index in [2.05, 4.69) is 20.7 Å². The van der Waals surface area contributed by atoms with Gasteiger partial charge in [-0.05, 0) is 24.5 Å². The Kier molecular flexibility index (Phi) is 4.58. The molecule has 90 valence electrons. The second kappa shape index (κ2) is 5.52. The predicted octanol–water partition coefficient (Wildman–Crippen LogP) is 4.05. The summed E-state index contributed by atoms with van der Waals surface area (Å²) in [6, 6.07) is 3.16. The van der Waals surface area contributed by atoms with Crippen LogP contribution in [0.15, 0.2) is 18.2 Å². The summed E-state index contributed by atoms with van der Waals surface area (Å²) >= 11 is 3.19. The average Bonchev–Trinajstić information content (AvgIpc) is 2.14. The fourth-order valence-corrected chi connectivity index (χ4v) is 1.47. The van der Waals surface area contributed by atoms with Gasteiger partial charge in [-0.2, -0.15) is 0 Å². The summed E-state index contributed by atoms with van der Waals surface area (Å²) in [5.74, 6) is -1.21. The summed E-state index contributed by atoms with van der Waals surface area (Å²) in [5, 5.41) is 0.716. The summed E-state index contributed by atoms with van der Waals surface area (Å²) in [6.07, 6.45) is -3.59. The molecule has 1 rings (SSSR count). The highest BCUT2D eigenvalue weighted by Crippen LogP contribution is 2.24. The number of aryl methyl sites for hydroxylation is 1. The molecule has 0 amide bonds. The van der Waals surface area contributed by atoms with Crippen molar-refractivity contribution in [3.63, 3.8) is 0 Å². The number of hydrogen-bond acceptors (Lipinski definition) is 1. The highest BCUT2D eigenvalue weighted by Gasteiger charge is 2.31. The van der Waals surface area contributed by atoms with Crippen molar-refractivity contribution in [2.24, 2.45) is 0 Å². The normalized spacial score (nSPS) is 11.6. The van der Waals surface area contributed by atoms with E-state index < -0.39 is 17.9 Å². The van der Waals surface area contributed by atoms with Gasteiger partial charge >= 0.3 is 6.36 Å². The predicted molar refractivity (Wildman–Crippen MR) is 55.2 cm³/mol. The largest absolute Gasteiger partial charge is 0.573 e. The summed E-state index contributed by atoms with van der Waals surface area (Å²) in [7, 11) is 0. The minimum Gasteiger partial charge on any atom is -0.406 e. The van der Waals surface area contributed by atoms with Crippen LogP contribution in [0.4, 0.5) is 17.6 Å². The van der Waals surface area contributed by atoms with Gasteiger partial charge in [0.05, 0.1) is 0 Å². The first-order chi connectivity index (χ1) is 7.42. The highest BCUT2D eigenvalue weighted by molar-refractivity contribution is 9.09. The van der Waals surface area contributed by atoms with Gasteiger partial charge in [-0.3, -0.25) is 0 Å². The van der Waals surface area contributed by atoms with E-state index in [1.165, 1.54) is 6.07 Å². The molecule has 16 heavy (non-hydrogen) atoms. The van der Waals surface area contributed by atoms with E-state index in [1.54, 1.807) is 0 Å². The smallest absolute Gasteiger partial charge is 0.406 e. The van der Waals surface area contributed by atoms with E-state index in [0.29, 0.717) is 17.3 Å². The van der Waals surface area contributed by atoms with Crippen molar-refractivity contribution in [1.29, 1.82) is 0 Å². The van der Waals surface area contributed by atoms with E-state index in [-0.39, 0.29) is 0 Å². The maximum Gasteiger partial charge on any atom is 0.573 e. The van der Waals surface area contributed by atoms with Crippen molar-refractivity contribution in [1.82, 2.24) is 0 Å². The van der Waals surface area contributed by atoms with Crippen LogP contribution in [0, 0.1) is 5.82 Å². The van der Waals surface area contributed by atoms with Gasteiger partial charge in [0.25, 0.3) is 0 Å². The number of rotatable bonds is 4. The Morgan fingerprint density at radius 3 is 2.44 bits per heavy atom. The molecule has 1 aromatic rings. The Hall–Kier alpha value is -0.780.